The van der Waals surface area contributed by atoms with Crippen molar-refractivity contribution in [1.29, 1.82) is 0 Å². The molecule has 0 fully saturated rings. The van der Waals surface area contributed by atoms with Crippen LogP contribution in [0.2, 0.25) is 0 Å². The third-order valence-electron chi connectivity index (χ3n) is 2.94. The van der Waals surface area contributed by atoms with Crippen molar-refractivity contribution in [2.45, 2.75) is 68.7 Å². The Morgan fingerprint density at radius 2 is 1.04 bits per heavy atom. The molecule has 0 aliphatic heterocycles. The van der Waals surface area contributed by atoms with Crippen molar-refractivity contribution in [3.05, 3.63) is 0 Å². The average Bonchev–Trinajstić information content (AvgIpc) is 2.29. The second-order valence-electron chi connectivity index (χ2n) is 4.91. The summed E-state index contributed by atoms with van der Waals surface area (Å²) in [5.74, 6) is -4.97. The van der Waals surface area contributed by atoms with Crippen LogP contribution in [0.25, 0.3) is 0 Å². The van der Waals surface area contributed by atoms with E-state index in [2.05, 4.69) is 0 Å². The van der Waals surface area contributed by atoms with E-state index in [-0.39, 0.29) is 44.5 Å². The zero-order chi connectivity index (χ0) is 17.7. The molecule has 0 bridgehead atoms. The quantitative estimate of drug-likeness (QED) is 0.254. The summed E-state index contributed by atoms with van der Waals surface area (Å²) in [4.78, 5) is 0. The van der Waals surface area contributed by atoms with Crippen LogP contribution in [-0.4, -0.2) is 30.3 Å². The molecule has 0 radical (unpaired) electrons. The van der Waals surface area contributed by atoms with Crippen molar-refractivity contribution in [2.24, 2.45) is 0 Å². The van der Waals surface area contributed by atoms with Crippen LogP contribution < -0.4 is 18.9 Å². The second kappa shape index (κ2) is 9.49. The Hall–Kier alpha value is 0.0174. The van der Waals surface area contributed by atoms with Gasteiger partial charge in [-0.3, -0.25) is 0 Å². The molecule has 0 aromatic rings. The SMILES string of the molecule is O=S(=O)([O-])C(F)(F)C(F)(F)CCCCCCCCC(F)(F)F.[Li+]. The van der Waals surface area contributed by atoms with Crippen LogP contribution in [0.4, 0.5) is 30.7 Å². The van der Waals surface area contributed by atoms with E-state index < -0.39 is 46.7 Å². The molecule has 0 aromatic heterocycles. The minimum absolute atomic E-state index is 0. The van der Waals surface area contributed by atoms with Gasteiger partial charge in [0.1, 0.15) is 0 Å². The Balaban J connectivity index is 0. The van der Waals surface area contributed by atoms with E-state index >= 15 is 0 Å². The van der Waals surface area contributed by atoms with Gasteiger partial charge in [-0.15, -0.1) is 0 Å². The van der Waals surface area contributed by atoms with Crippen molar-refractivity contribution in [3.63, 3.8) is 0 Å². The molecule has 0 atom stereocenters. The number of hydrogen-bond acceptors (Lipinski definition) is 3. The maximum Gasteiger partial charge on any atom is 1.00 e. The molecule has 0 spiro atoms. The number of rotatable bonds is 10. The molecule has 0 heterocycles. The molecule has 23 heavy (non-hydrogen) atoms. The van der Waals surface area contributed by atoms with Gasteiger partial charge in [0.25, 0.3) is 0 Å². The summed E-state index contributed by atoms with van der Waals surface area (Å²) in [5, 5.41) is -5.67. The summed E-state index contributed by atoms with van der Waals surface area (Å²) in [6, 6.07) is 0. The van der Waals surface area contributed by atoms with E-state index in [1.165, 1.54) is 0 Å². The van der Waals surface area contributed by atoms with E-state index in [0.29, 0.717) is 6.42 Å². The Morgan fingerprint density at radius 3 is 1.39 bits per heavy atom. The monoisotopic (exact) mass is 368 g/mol. The first-order valence-corrected chi connectivity index (χ1v) is 7.89. The Bertz CT molecular complexity index is 437. The van der Waals surface area contributed by atoms with E-state index in [4.69, 9.17) is 0 Å². The van der Waals surface area contributed by atoms with Gasteiger partial charge < -0.3 is 4.55 Å². The van der Waals surface area contributed by atoms with Gasteiger partial charge in [0.2, 0.25) is 0 Å². The van der Waals surface area contributed by atoms with Gasteiger partial charge in [0.15, 0.2) is 10.1 Å². The van der Waals surface area contributed by atoms with Crippen LogP contribution in [0.15, 0.2) is 0 Å². The minimum atomic E-state index is -6.47. The van der Waals surface area contributed by atoms with Gasteiger partial charge in [-0.2, -0.15) is 30.7 Å². The van der Waals surface area contributed by atoms with Crippen LogP contribution in [0, 0.1) is 0 Å². The molecule has 0 aliphatic rings. The van der Waals surface area contributed by atoms with Crippen molar-refractivity contribution < 1.29 is 62.6 Å². The van der Waals surface area contributed by atoms with Crippen LogP contribution in [0.5, 0.6) is 0 Å². The first-order chi connectivity index (χ1) is 9.71. The smallest absolute Gasteiger partial charge is 0.743 e. The summed E-state index contributed by atoms with van der Waals surface area (Å²) in [7, 11) is -6.47. The fourth-order valence-electron chi connectivity index (χ4n) is 1.71. The van der Waals surface area contributed by atoms with E-state index in [1.807, 2.05) is 0 Å². The van der Waals surface area contributed by atoms with E-state index in [1.54, 1.807) is 0 Å². The van der Waals surface area contributed by atoms with Crippen molar-refractivity contribution in [2.75, 3.05) is 0 Å². The maximum absolute atomic E-state index is 13.0. The largest absolute Gasteiger partial charge is 1.00 e. The maximum atomic E-state index is 13.0. The molecule has 3 nitrogen and oxygen atoms in total. The van der Waals surface area contributed by atoms with E-state index in [0.717, 1.165) is 0 Å². The number of hydrogen-bond donors (Lipinski definition) is 0. The third kappa shape index (κ3) is 9.17. The fourth-order valence-corrected chi connectivity index (χ4v) is 2.18. The van der Waals surface area contributed by atoms with Gasteiger partial charge in [-0.05, 0) is 12.8 Å². The summed E-state index contributed by atoms with van der Waals surface area (Å²) >= 11 is 0. The number of alkyl halides is 7. The van der Waals surface area contributed by atoms with Crippen LogP contribution in [-0.2, 0) is 10.1 Å². The Kier molecular flexibility index (Phi) is 10.4. The van der Waals surface area contributed by atoms with Crippen LogP contribution in [0.1, 0.15) is 51.4 Å². The number of unbranched alkanes of at least 4 members (excludes halogenated alkanes) is 5. The molecule has 134 valence electrons. The molecular formula is C11H16F7LiO3S. The molecule has 0 rings (SSSR count). The summed E-state index contributed by atoms with van der Waals surface area (Å²) < 4.78 is 117. The predicted octanol–water partition coefficient (Wildman–Crippen LogP) is 1.45. The van der Waals surface area contributed by atoms with Crippen LogP contribution >= 0.6 is 0 Å². The fraction of sp³-hybridized carbons (Fsp3) is 1.00. The molecule has 12 heteroatoms. The molecular weight excluding hydrogens is 352 g/mol. The molecule has 0 aliphatic carbocycles. The standard InChI is InChI=1S/C11H17F7O3S.Li/c12-9(13,11(17,18)22(19,20)21)7-5-3-1-2-4-6-8-10(14,15)16;/h1-8H2,(H,19,20,21);/q;+1/p-1. The molecule has 0 aromatic carbocycles. The van der Waals surface area contributed by atoms with Crippen molar-refractivity contribution in [3.8, 4) is 0 Å². The second-order valence-corrected chi connectivity index (χ2v) is 6.33. The minimum Gasteiger partial charge on any atom is -0.743 e. The Labute approximate surface area is 141 Å². The number of halogens is 7. The third-order valence-corrected chi connectivity index (χ3v) is 3.87. The topological polar surface area (TPSA) is 57.2 Å². The first kappa shape index (κ1) is 25.3. The van der Waals surface area contributed by atoms with Gasteiger partial charge in [0.05, 0.1) is 0 Å². The predicted molar refractivity (Wildman–Crippen MR) is 62.6 cm³/mol. The molecule has 0 saturated heterocycles. The zero-order valence-corrected chi connectivity index (χ0v) is 13.3. The van der Waals surface area contributed by atoms with Gasteiger partial charge in [-0.25, -0.2) is 8.42 Å². The van der Waals surface area contributed by atoms with E-state index in [9.17, 15) is 43.7 Å². The summed E-state index contributed by atoms with van der Waals surface area (Å²) in [6.07, 6.45) is -6.43. The Morgan fingerprint density at radius 1 is 0.696 bits per heavy atom. The van der Waals surface area contributed by atoms with Crippen LogP contribution in [0.3, 0.4) is 0 Å². The summed E-state index contributed by atoms with van der Waals surface area (Å²) in [6.45, 7) is 0. The first-order valence-electron chi connectivity index (χ1n) is 6.48. The zero-order valence-electron chi connectivity index (χ0n) is 12.4. The molecule has 0 unspecified atom stereocenters. The van der Waals surface area contributed by atoms with Gasteiger partial charge in [-0.1, -0.05) is 25.7 Å². The molecule has 0 amide bonds. The van der Waals surface area contributed by atoms with Gasteiger partial charge >= 0.3 is 36.2 Å². The average molecular weight is 368 g/mol. The normalized spacial score (nSPS) is 13.7. The van der Waals surface area contributed by atoms with Crippen molar-refractivity contribution >= 4 is 10.1 Å². The molecule has 0 saturated carbocycles. The summed E-state index contributed by atoms with van der Waals surface area (Å²) in [5.41, 5.74) is 0. The van der Waals surface area contributed by atoms with Crippen molar-refractivity contribution in [1.82, 2.24) is 0 Å². The molecule has 0 N–H and O–H groups in total. The van der Waals surface area contributed by atoms with Gasteiger partial charge in [0, 0.05) is 12.8 Å².